The molecule has 0 saturated carbocycles. The number of hydrogen-bond acceptors (Lipinski definition) is 5. The molecule has 0 spiro atoms. The van der Waals surface area contributed by atoms with Gasteiger partial charge in [0.2, 0.25) is 5.91 Å². The molecule has 0 bridgehead atoms. The van der Waals surface area contributed by atoms with Crippen LogP contribution in [0, 0.1) is 13.8 Å². The molecule has 3 rings (SSSR count). The van der Waals surface area contributed by atoms with Crippen molar-refractivity contribution in [3.05, 3.63) is 11.6 Å². The van der Waals surface area contributed by atoms with Crippen molar-refractivity contribution >= 4 is 5.91 Å². The van der Waals surface area contributed by atoms with Crippen molar-refractivity contribution in [3.8, 4) is 0 Å². The molecular weight excluding hydrogens is 294 g/mol. The number of aromatic nitrogens is 3. The minimum Gasteiger partial charge on any atom is -0.378 e. The zero-order valence-electron chi connectivity index (χ0n) is 14.4. The summed E-state index contributed by atoms with van der Waals surface area (Å²) in [6.45, 7) is 10.5. The van der Waals surface area contributed by atoms with Crippen molar-refractivity contribution in [1.82, 2.24) is 24.6 Å². The van der Waals surface area contributed by atoms with Crippen molar-refractivity contribution in [2.75, 3.05) is 32.8 Å². The summed E-state index contributed by atoms with van der Waals surface area (Å²) < 4.78 is 7.32. The number of amides is 1. The van der Waals surface area contributed by atoms with E-state index >= 15 is 0 Å². The maximum absolute atomic E-state index is 12.7. The summed E-state index contributed by atoms with van der Waals surface area (Å²) in [6.07, 6.45) is 2.25. The van der Waals surface area contributed by atoms with Crippen LogP contribution in [-0.4, -0.2) is 75.4 Å². The fraction of sp³-hybridized carbons (Fsp3) is 0.812. The number of carbonyl (C=O) groups excluding carboxylic acids is 1. The van der Waals surface area contributed by atoms with E-state index in [0.29, 0.717) is 32.3 Å². The number of hydrogen-bond donors (Lipinski definition) is 0. The lowest BCUT2D eigenvalue weighted by Gasteiger charge is -2.35. The Morgan fingerprint density at radius 1 is 1.30 bits per heavy atom. The molecule has 0 radical (unpaired) electrons. The average Bonchev–Trinajstić information content (AvgIpc) is 3.13. The molecule has 2 aliphatic rings. The smallest absolute Gasteiger partial charge is 0.239 e. The zero-order chi connectivity index (χ0) is 16.4. The van der Waals surface area contributed by atoms with Gasteiger partial charge >= 0.3 is 0 Å². The van der Waals surface area contributed by atoms with Crippen LogP contribution >= 0.6 is 0 Å². The Morgan fingerprint density at radius 3 is 2.70 bits per heavy atom. The van der Waals surface area contributed by atoms with Gasteiger partial charge in [-0.2, -0.15) is 5.10 Å². The third-order valence-electron chi connectivity index (χ3n) is 4.95. The Hall–Kier alpha value is -1.47. The Morgan fingerprint density at radius 2 is 2.04 bits per heavy atom. The van der Waals surface area contributed by atoms with Gasteiger partial charge in [0.05, 0.1) is 25.8 Å². The first-order valence-corrected chi connectivity index (χ1v) is 8.56. The van der Waals surface area contributed by atoms with Gasteiger partial charge in [-0.05, 0) is 40.2 Å². The summed E-state index contributed by atoms with van der Waals surface area (Å²) in [5.41, 5.74) is 0. The van der Waals surface area contributed by atoms with Crippen LogP contribution in [0.15, 0.2) is 0 Å². The molecule has 2 fully saturated rings. The second-order valence-corrected chi connectivity index (χ2v) is 6.54. The summed E-state index contributed by atoms with van der Waals surface area (Å²) in [6, 6.07) is 0.278. The van der Waals surface area contributed by atoms with E-state index in [4.69, 9.17) is 4.74 Å². The van der Waals surface area contributed by atoms with Gasteiger partial charge in [-0.15, -0.1) is 0 Å². The fourth-order valence-electron chi connectivity index (χ4n) is 3.69. The van der Waals surface area contributed by atoms with E-state index in [0.717, 1.165) is 37.6 Å². The highest BCUT2D eigenvalue weighted by atomic mass is 16.5. The molecular formula is C16H27N5O2. The maximum atomic E-state index is 12.7. The van der Waals surface area contributed by atoms with Crippen LogP contribution in [0.2, 0.25) is 0 Å². The van der Waals surface area contributed by atoms with Crippen molar-refractivity contribution in [1.29, 1.82) is 0 Å². The summed E-state index contributed by atoms with van der Waals surface area (Å²) in [5, 5.41) is 4.47. The van der Waals surface area contributed by atoms with Crippen LogP contribution in [-0.2, 0) is 16.1 Å². The molecule has 1 amide bonds. The molecule has 0 N–H and O–H groups in total. The second-order valence-electron chi connectivity index (χ2n) is 6.54. The van der Waals surface area contributed by atoms with E-state index in [1.165, 1.54) is 0 Å². The first-order chi connectivity index (χ1) is 11.1. The largest absolute Gasteiger partial charge is 0.378 e. The molecule has 1 aromatic heterocycles. The summed E-state index contributed by atoms with van der Waals surface area (Å²) in [4.78, 5) is 21.4. The first-order valence-electron chi connectivity index (χ1n) is 8.56. The number of morpholine rings is 1. The van der Waals surface area contributed by atoms with Gasteiger partial charge in [-0.1, -0.05) is 0 Å². The quantitative estimate of drug-likeness (QED) is 0.813. The van der Waals surface area contributed by atoms with E-state index in [9.17, 15) is 4.79 Å². The van der Waals surface area contributed by atoms with Crippen molar-refractivity contribution < 1.29 is 9.53 Å². The number of rotatable bonds is 4. The Labute approximate surface area is 137 Å². The molecule has 0 aromatic carbocycles. The number of nitrogens with zero attached hydrogens (tertiary/aromatic N) is 5. The normalized spacial score (nSPS) is 24.1. The van der Waals surface area contributed by atoms with Crippen LogP contribution in [0.3, 0.4) is 0 Å². The van der Waals surface area contributed by atoms with Crippen LogP contribution in [0.25, 0.3) is 0 Å². The third-order valence-corrected chi connectivity index (χ3v) is 4.95. The van der Waals surface area contributed by atoms with Crippen LogP contribution in [0.5, 0.6) is 0 Å². The topological polar surface area (TPSA) is 63.5 Å². The predicted molar refractivity (Wildman–Crippen MR) is 86.1 cm³/mol. The fourth-order valence-corrected chi connectivity index (χ4v) is 3.69. The zero-order valence-corrected chi connectivity index (χ0v) is 14.4. The van der Waals surface area contributed by atoms with Crippen molar-refractivity contribution in [3.63, 3.8) is 0 Å². The van der Waals surface area contributed by atoms with Gasteiger partial charge < -0.3 is 9.64 Å². The summed E-state index contributed by atoms with van der Waals surface area (Å²) >= 11 is 0. The monoisotopic (exact) mass is 321 g/mol. The van der Waals surface area contributed by atoms with Gasteiger partial charge in [0, 0.05) is 19.1 Å². The lowest BCUT2D eigenvalue weighted by atomic mass is 10.1. The lowest BCUT2D eigenvalue weighted by molar-refractivity contribution is -0.141. The second kappa shape index (κ2) is 6.97. The Balaban J connectivity index is 1.65. The molecule has 7 heteroatoms. The van der Waals surface area contributed by atoms with Gasteiger partial charge in [-0.3, -0.25) is 9.69 Å². The molecule has 7 nitrogen and oxygen atoms in total. The molecule has 1 aromatic rings. The molecule has 0 unspecified atom stereocenters. The van der Waals surface area contributed by atoms with Crippen LogP contribution in [0.4, 0.5) is 0 Å². The van der Waals surface area contributed by atoms with E-state index < -0.39 is 0 Å². The molecule has 2 saturated heterocycles. The van der Waals surface area contributed by atoms with E-state index in [1.54, 1.807) is 0 Å². The van der Waals surface area contributed by atoms with Gasteiger partial charge in [0.15, 0.2) is 0 Å². The number of ether oxygens (including phenoxy) is 1. The number of aryl methyl sites for hydroxylation is 2. The van der Waals surface area contributed by atoms with E-state index in [2.05, 4.69) is 15.0 Å². The molecule has 2 aliphatic heterocycles. The number of likely N-dealkylation sites (tertiary alicyclic amines) is 1. The molecule has 3 heterocycles. The third kappa shape index (κ3) is 3.55. The van der Waals surface area contributed by atoms with Gasteiger partial charge in [0.25, 0.3) is 0 Å². The molecule has 128 valence electrons. The average molecular weight is 321 g/mol. The summed E-state index contributed by atoms with van der Waals surface area (Å²) in [5.74, 6) is 1.98. The SMILES string of the molecule is Cc1nc(C)n(C[C@@H]2CCCN2[C@H](C)C(=O)N2CCOCC2)n1. The minimum absolute atomic E-state index is 0.0782. The minimum atomic E-state index is -0.0782. The van der Waals surface area contributed by atoms with Crippen LogP contribution < -0.4 is 0 Å². The van der Waals surface area contributed by atoms with Crippen LogP contribution in [0.1, 0.15) is 31.4 Å². The summed E-state index contributed by atoms with van der Waals surface area (Å²) in [7, 11) is 0. The Kier molecular flexibility index (Phi) is 4.96. The highest BCUT2D eigenvalue weighted by Gasteiger charge is 2.34. The molecule has 23 heavy (non-hydrogen) atoms. The number of carbonyl (C=O) groups is 1. The Bertz CT molecular complexity index is 553. The lowest BCUT2D eigenvalue weighted by Crippen LogP contribution is -2.52. The van der Waals surface area contributed by atoms with E-state index in [1.807, 2.05) is 30.4 Å². The predicted octanol–water partition coefficient (Wildman–Crippen LogP) is 0.607. The van der Waals surface area contributed by atoms with Gasteiger partial charge in [-0.25, -0.2) is 9.67 Å². The highest BCUT2D eigenvalue weighted by molar-refractivity contribution is 5.81. The first kappa shape index (κ1) is 16.4. The van der Waals surface area contributed by atoms with Crippen molar-refractivity contribution in [2.24, 2.45) is 0 Å². The van der Waals surface area contributed by atoms with Crippen molar-refractivity contribution in [2.45, 2.75) is 52.2 Å². The molecule has 2 atom stereocenters. The standard InChI is InChI=1S/C16H27N5O2/c1-12(16(22)19-7-9-23-10-8-19)20-6-4-5-15(20)11-21-14(3)17-13(2)18-21/h12,15H,4-11H2,1-3H3/t12-,15+/m1/s1. The maximum Gasteiger partial charge on any atom is 0.239 e. The molecule has 0 aliphatic carbocycles. The van der Waals surface area contributed by atoms with E-state index in [-0.39, 0.29) is 11.9 Å². The highest BCUT2D eigenvalue weighted by Crippen LogP contribution is 2.23. The van der Waals surface area contributed by atoms with Gasteiger partial charge in [0.1, 0.15) is 11.6 Å².